The number of rotatable bonds is 2. The van der Waals surface area contributed by atoms with Crippen LogP contribution in [0.2, 0.25) is 5.02 Å². The first-order valence-electron chi connectivity index (χ1n) is 5.50. The minimum atomic E-state index is -0.263. The number of hydrogen-bond acceptors (Lipinski definition) is 4. The van der Waals surface area contributed by atoms with Crippen molar-refractivity contribution >= 4 is 46.5 Å². The molecule has 2 heterocycles. The summed E-state index contributed by atoms with van der Waals surface area (Å²) in [5, 5.41) is 13.2. The molecule has 0 saturated carbocycles. The molecule has 0 radical (unpaired) electrons. The standard InChI is InChI=1S/C13H8ClN3OS/c14-8-3-4-11-10(6-8)12(13(18)16-11)17-15-7-9-2-1-5-19-9/h1-7H,(H,16,17,18)/b15-7+. The second-order valence-corrected chi connectivity index (χ2v) is 5.27. The van der Waals surface area contributed by atoms with Crippen molar-refractivity contribution in [2.24, 2.45) is 10.2 Å². The van der Waals surface area contributed by atoms with Crippen LogP contribution in [0.1, 0.15) is 10.4 Å². The average molecular weight is 290 g/mol. The van der Waals surface area contributed by atoms with E-state index in [4.69, 9.17) is 11.6 Å². The maximum absolute atomic E-state index is 11.8. The maximum atomic E-state index is 11.8. The molecule has 2 aromatic rings. The molecule has 0 saturated heterocycles. The topological polar surface area (TPSA) is 53.8 Å². The van der Waals surface area contributed by atoms with Crippen molar-refractivity contribution in [2.75, 3.05) is 5.32 Å². The van der Waals surface area contributed by atoms with Crippen molar-refractivity contribution in [1.82, 2.24) is 0 Å². The minimum Gasteiger partial charge on any atom is -0.320 e. The number of benzene rings is 1. The van der Waals surface area contributed by atoms with Crippen LogP contribution in [-0.2, 0) is 4.79 Å². The van der Waals surface area contributed by atoms with Crippen LogP contribution >= 0.6 is 22.9 Å². The van der Waals surface area contributed by atoms with Crippen molar-refractivity contribution in [2.45, 2.75) is 0 Å². The van der Waals surface area contributed by atoms with E-state index in [1.807, 2.05) is 17.5 Å². The zero-order valence-corrected chi connectivity index (χ0v) is 11.2. The lowest BCUT2D eigenvalue weighted by Crippen LogP contribution is -2.13. The summed E-state index contributed by atoms with van der Waals surface area (Å²) in [6, 6.07) is 9.03. The van der Waals surface area contributed by atoms with Gasteiger partial charge >= 0.3 is 0 Å². The summed E-state index contributed by atoms with van der Waals surface area (Å²) in [4.78, 5) is 12.8. The summed E-state index contributed by atoms with van der Waals surface area (Å²) in [6.07, 6.45) is 1.62. The average Bonchev–Trinajstić information content (AvgIpc) is 2.99. The molecule has 6 heteroatoms. The van der Waals surface area contributed by atoms with Crippen LogP contribution in [-0.4, -0.2) is 17.8 Å². The second-order valence-electron chi connectivity index (χ2n) is 3.85. The van der Waals surface area contributed by atoms with E-state index in [0.29, 0.717) is 16.3 Å². The van der Waals surface area contributed by atoms with Gasteiger partial charge in [-0.05, 0) is 29.6 Å². The van der Waals surface area contributed by atoms with Gasteiger partial charge < -0.3 is 5.32 Å². The first kappa shape index (κ1) is 12.1. The summed E-state index contributed by atoms with van der Waals surface area (Å²) in [7, 11) is 0. The smallest absolute Gasteiger partial charge is 0.276 e. The number of fused-ring (bicyclic) bond motifs is 1. The Morgan fingerprint density at radius 2 is 2.21 bits per heavy atom. The predicted octanol–water partition coefficient (Wildman–Crippen LogP) is 3.18. The van der Waals surface area contributed by atoms with Gasteiger partial charge in [0, 0.05) is 15.5 Å². The van der Waals surface area contributed by atoms with Crippen molar-refractivity contribution in [3.63, 3.8) is 0 Å². The van der Waals surface area contributed by atoms with Gasteiger partial charge in [-0.2, -0.15) is 5.10 Å². The van der Waals surface area contributed by atoms with Gasteiger partial charge in [0.05, 0.1) is 11.9 Å². The van der Waals surface area contributed by atoms with Crippen LogP contribution in [0.5, 0.6) is 0 Å². The van der Waals surface area contributed by atoms with E-state index in [1.54, 1.807) is 35.8 Å². The molecule has 0 atom stereocenters. The monoisotopic (exact) mass is 289 g/mol. The van der Waals surface area contributed by atoms with Gasteiger partial charge in [0.25, 0.3) is 5.91 Å². The molecule has 0 fully saturated rings. The fraction of sp³-hybridized carbons (Fsp3) is 0. The molecule has 94 valence electrons. The lowest BCUT2D eigenvalue weighted by molar-refractivity contribution is -0.110. The van der Waals surface area contributed by atoms with Gasteiger partial charge in [-0.25, -0.2) is 0 Å². The van der Waals surface area contributed by atoms with E-state index >= 15 is 0 Å². The van der Waals surface area contributed by atoms with E-state index in [1.165, 1.54) is 0 Å². The highest BCUT2D eigenvalue weighted by molar-refractivity contribution is 7.11. The number of anilines is 1. The molecule has 1 aromatic heterocycles. The Morgan fingerprint density at radius 1 is 1.32 bits per heavy atom. The number of hydrogen-bond donors (Lipinski definition) is 1. The molecule has 0 spiro atoms. The van der Waals surface area contributed by atoms with E-state index in [9.17, 15) is 4.79 Å². The third-order valence-electron chi connectivity index (χ3n) is 2.59. The quantitative estimate of drug-likeness (QED) is 0.670. The van der Waals surface area contributed by atoms with Gasteiger partial charge in [0.2, 0.25) is 0 Å². The van der Waals surface area contributed by atoms with Gasteiger partial charge in [0.15, 0.2) is 5.71 Å². The molecule has 1 amide bonds. The third kappa shape index (κ3) is 2.43. The first-order valence-corrected chi connectivity index (χ1v) is 6.75. The Hall–Kier alpha value is -1.98. The van der Waals surface area contributed by atoms with Crippen LogP contribution in [0.25, 0.3) is 0 Å². The Balaban J connectivity index is 1.93. The van der Waals surface area contributed by atoms with Crippen LogP contribution in [0.15, 0.2) is 45.9 Å². The predicted molar refractivity (Wildman–Crippen MR) is 78.5 cm³/mol. The number of nitrogens with zero attached hydrogens (tertiary/aromatic N) is 2. The summed E-state index contributed by atoms with van der Waals surface area (Å²) in [5.74, 6) is -0.263. The molecule has 0 unspecified atom stereocenters. The molecule has 1 aromatic carbocycles. The molecular weight excluding hydrogens is 282 g/mol. The lowest BCUT2D eigenvalue weighted by atomic mass is 10.1. The second kappa shape index (κ2) is 4.95. The van der Waals surface area contributed by atoms with Gasteiger partial charge in [-0.15, -0.1) is 16.4 Å². The van der Waals surface area contributed by atoms with Gasteiger partial charge in [0.1, 0.15) is 0 Å². The van der Waals surface area contributed by atoms with Crippen LogP contribution in [0.4, 0.5) is 5.69 Å². The Labute approximate surface area is 118 Å². The molecule has 4 nitrogen and oxygen atoms in total. The molecule has 1 N–H and O–H groups in total. The first-order chi connectivity index (χ1) is 9.24. The molecule has 0 aliphatic carbocycles. The molecule has 1 aliphatic rings. The SMILES string of the molecule is O=C1Nc2ccc(Cl)cc2/C1=N/N=C/c1cccs1. The summed E-state index contributed by atoms with van der Waals surface area (Å²) >= 11 is 7.47. The Bertz CT molecular complexity index is 692. The largest absolute Gasteiger partial charge is 0.320 e. The summed E-state index contributed by atoms with van der Waals surface area (Å²) < 4.78 is 0. The number of thiophene rings is 1. The van der Waals surface area contributed by atoms with Crippen molar-refractivity contribution < 1.29 is 4.79 Å². The van der Waals surface area contributed by atoms with Crippen molar-refractivity contribution in [1.29, 1.82) is 0 Å². The zero-order chi connectivity index (χ0) is 13.2. The van der Waals surface area contributed by atoms with E-state index < -0.39 is 0 Å². The fourth-order valence-corrected chi connectivity index (χ4v) is 2.48. The minimum absolute atomic E-state index is 0.263. The normalized spacial score (nSPS) is 16.1. The highest BCUT2D eigenvalue weighted by Crippen LogP contribution is 2.26. The number of halogens is 1. The van der Waals surface area contributed by atoms with E-state index in [2.05, 4.69) is 15.5 Å². The van der Waals surface area contributed by atoms with Crippen molar-refractivity contribution in [3.8, 4) is 0 Å². The molecular formula is C13H8ClN3OS. The van der Waals surface area contributed by atoms with Gasteiger partial charge in [-0.1, -0.05) is 17.7 Å². The Morgan fingerprint density at radius 3 is 3.00 bits per heavy atom. The van der Waals surface area contributed by atoms with Crippen molar-refractivity contribution in [3.05, 3.63) is 51.2 Å². The highest BCUT2D eigenvalue weighted by Gasteiger charge is 2.26. The van der Waals surface area contributed by atoms with E-state index in [-0.39, 0.29) is 11.6 Å². The number of carbonyl (C=O) groups is 1. The fourth-order valence-electron chi connectivity index (χ4n) is 1.73. The highest BCUT2D eigenvalue weighted by atomic mass is 35.5. The summed E-state index contributed by atoms with van der Waals surface area (Å²) in [5.41, 5.74) is 1.67. The molecule has 0 bridgehead atoms. The Kier molecular flexibility index (Phi) is 3.15. The summed E-state index contributed by atoms with van der Waals surface area (Å²) in [6.45, 7) is 0. The van der Waals surface area contributed by atoms with Crippen LogP contribution < -0.4 is 5.32 Å². The molecule has 19 heavy (non-hydrogen) atoms. The lowest BCUT2D eigenvalue weighted by Gasteiger charge is -1.96. The number of nitrogens with one attached hydrogen (secondary N) is 1. The third-order valence-corrected chi connectivity index (χ3v) is 3.63. The number of amides is 1. The van der Waals surface area contributed by atoms with Gasteiger partial charge in [-0.3, -0.25) is 4.79 Å². The van der Waals surface area contributed by atoms with E-state index in [0.717, 1.165) is 4.88 Å². The molecule has 1 aliphatic heterocycles. The maximum Gasteiger partial charge on any atom is 0.276 e. The number of carbonyl (C=O) groups excluding carboxylic acids is 1. The van der Waals surface area contributed by atoms with Crippen LogP contribution in [0.3, 0.4) is 0 Å². The van der Waals surface area contributed by atoms with Crippen LogP contribution in [0, 0.1) is 0 Å². The molecule has 3 rings (SSSR count). The zero-order valence-electron chi connectivity index (χ0n) is 9.63.